The molecule has 1 fully saturated rings. The summed E-state index contributed by atoms with van der Waals surface area (Å²) in [7, 11) is 0. The third-order valence-corrected chi connectivity index (χ3v) is 4.50. The van der Waals surface area contributed by atoms with Crippen molar-refractivity contribution in [3.05, 3.63) is 46.4 Å². The minimum absolute atomic E-state index is 0.732. The second-order valence-electron chi connectivity index (χ2n) is 4.75. The first-order valence-electron chi connectivity index (χ1n) is 6.20. The normalized spacial score (nSPS) is 19.4. The highest BCUT2D eigenvalue weighted by Gasteiger charge is 2.23. The van der Waals surface area contributed by atoms with Gasteiger partial charge in [-0.2, -0.15) is 0 Å². The zero-order chi connectivity index (χ0) is 12.4. The fourth-order valence-electron chi connectivity index (χ4n) is 2.50. The second kappa shape index (κ2) is 5.29. The Hall–Kier alpha value is -1.06. The predicted molar refractivity (Wildman–Crippen MR) is 77.6 cm³/mol. The molecule has 1 aliphatic heterocycles. The molecule has 1 atom stereocenters. The van der Waals surface area contributed by atoms with E-state index in [2.05, 4.69) is 22.0 Å². The lowest BCUT2D eigenvalue weighted by molar-refractivity contribution is 0.586. The molecule has 0 N–H and O–H groups in total. The first-order chi connectivity index (χ1) is 8.81. The monoisotopic (exact) mass is 278 g/mol. The molecule has 1 aliphatic rings. The molecule has 0 saturated carbocycles. The van der Waals surface area contributed by atoms with Crippen LogP contribution in [0.4, 0.5) is 5.13 Å². The molecule has 3 rings (SSSR count). The molecular formula is C14H15ClN2S. The summed E-state index contributed by atoms with van der Waals surface area (Å²) in [4.78, 5) is 6.77. The van der Waals surface area contributed by atoms with Gasteiger partial charge in [-0.25, -0.2) is 4.98 Å². The lowest BCUT2D eigenvalue weighted by Crippen LogP contribution is -2.19. The number of halogens is 1. The number of hydrogen-bond acceptors (Lipinski definition) is 3. The Bertz CT molecular complexity index is 495. The molecule has 0 amide bonds. The van der Waals surface area contributed by atoms with Crippen molar-refractivity contribution < 1.29 is 0 Å². The van der Waals surface area contributed by atoms with E-state index < -0.39 is 0 Å². The first-order valence-corrected chi connectivity index (χ1v) is 7.46. The summed E-state index contributed by atoms with van der Waals surface area (Å²) >= 11 is 7.63. The highest BCUT2D eigenvalue weighted by Crippen LogP contribution is 2.27. The average Bonchev–Trinajstić information content (AvgIpc) is 3.02. The number of aromatic nitrogens is 1. The minimum Gasteiger partial charge on any atom is -0.348 e. The van der Waals surface area contributed by atoms with Crippen LogP contribution < -0.4 is 4.90 Å². The van der Waals surface area contributed by atoms with Crippen LogP contribution in [0.3, 0.4) is 0 Å². The maximum Gasteiger partial charge on any atom is 0.185 e. The van der Waals surface area contributed by atoms with Crippen molar-refractivity contribution in [1.29, 1.82) is 0 Å². The van der Waals surface area contributed by atoms with E-state index in [1.807, 2.05) is 23.7 Å². The molecule has 94 valence electrons. The van der Waals surface area contributed by atoms with Gasteiger partial charge in [0.1, 0.15) is 0 Å². The molecule has 1 aromatic heterocycles. The van der Waals surface area contributed by atoms with E-state index in [1.165, 1.54) is 12.0 Å². The Labute approximate surface area is 116 Å². The van der Waals surface area contributed by atoms with Crippen molar-refractivity contribution in [1.82, 2.24) is 4.98 Å². The number of hydrogen-bond donors (Lipinski definition) is 0. The number of benzene rings is 1. The molecule has 0 spiro atoms. The second-order valence-corrected chi connectivity index (χ2v) is 6.06. The van der Waals surface area contributed by atoms with Gasteiger partial charge >= 0.3 is 0 Å². The summed E-state index contributed by atoms with van der Waals surface area (Å²) in [5.74, 6) is 0.732. The highest BCUT2D eigenvalue weighted by atomic mass is 35.5. The zero-order valence-corrected chi connectivity index (χ0v) is 11.6. The summed E-state index contributed by atoms with van der Waals surface area (Å²) < 4.78 is 0. The van der Waals surface area contributed by atoms with Gasteiger partial charge in [-0.1, -0.05) is 23.7 Å². The lowest BCUT2D eigenvalue weighted by atomic mass is 9.99. The molecule has 2 nitrogen and oxygen atoms in total. The van der Waals surface area contributed by atoms with Crippen LogP contribution in [0.25, 0.3) is 0 Å². The molecule has 0 radical (unpaired) electrons. The van der Waals surface area contributed by atoms with Gasteiger partial charge in [0.2, 0.25) is 0 Å². The summed E-state index contributed by atoms with van der Waals surface area (Å²) in [6, 6.07) is 8.22. The van der Waals surface area contributed by atoms with E-state index >= 15 is 0 Å². The Morgan fingerprint density at radius 3 is 2.89 bits per heavy atom. The minimum atomic E-state index is 0.732. The molecular weight excluding hydrogens is 264 g/mol. The third-order valence-electron chi connectivity index (χ3n) is 3.41. The lowest BCUT2D eigenvalue weighted by Gasteiger charge is -2.14. The van der Waals surface area contributed by atoms with Crippen LogP contribution in [0.5, 0.6) is 0 Å². The Kier molecular flexibility index (Phi) is 3.52. The summed E-state index contributed by atoms with van der Waals surface area (Å²) in [6.45, 7) is 2.25. The molecule has 2 heterocycles. The van der Waals surface area contributed by atoms with E-state index in [4.69, 9.17) is 11.6 Å². The van der Waals surface area contributed by atoms with Crippen molar-refractivity contribution in [2.24, 2.45) is 5.92 Å². The van der Waals surface area contributed by atoms with E-state index in [0.29, 0.717) is 0 Å². The van der Waals surface area contributed by atoms with Gasteiger partial charge < -0.3 is 4.90 Å². The quantitative estimate of drug-likeness (QED) is 0.847. The largest absolute Gasteiger partial charge is 0.348 e. The van der Waals surface area contributed by atoms with Crippen LogP contribution in [-0.4, -0.2) is 18.1 Å². The number of nitrogens with zero attached hydrogens (tertiary/aromatic N) is 2. The topological polar surface area (TPSA) is 16.1 Å². The van der Waals surface area contributed by atoms with E-state index in [-0.39, 0.29) is 0 Å². The highest BCUT2D eigenvalue weighted by molar-refractivity contribution is 7.13. The van der Waals surface area contributed by atoms with Crippen molar-refractivity contribution in [2.75, 3.05) is 18.0 Å². The van der Waals surface area contributed by atoms with Crippen LogP contribution in [0.15, 0.2) is 35.8 Å². The molecule has 0 bridgehead atoms. The standard InChI is InChI=1S/C14H15ClN2S/c15-13-3-1-11(2-4-13)9-12-5-7-17(10-12)14-16-6-8-18-14/h1-4,6,8,12H,5,7,9-10H2. The van der Waals surface area contributed by atoms with Crippen molar-refractivity contribution >= 4 is 28.1 Å². The summed E-state index contributed by atoms with van der Waals surface area (Å²) in [5.41, 5.74) is 1.38. The summed E-state index contributed by atoms with van der Waals surface area (Å²) in [5, 5.41) is 4.02. The number of anilines is 1. The van der Waals surface area contributed by atoms with Crippen LogP contribution in [0, 0.1) is 5.92 Å². The smallest absolute Gasteiger partial charge is 0.185 e. The van der Waals surface area contributed by atoms with Gasteiger partial charge in [-0.15, -0.1) is 11.3 Å². The van der Waals surface area contributed by atoms with Crippen molar-refractivity contribution in [3.63, 3.8) is 0 Å². The van der Waals surface area contributed by atoms with Gasteiger partial charge in [0, 0.05) is 29.7 Å². The van der Waals surface area contributed by atoms with Crippen LogP contribution >= 0.6 is 22.9 Å². The molecule has 1 aromatic carbocycles. The van der Waals surface area contributed by atoms with Crippen LogP contribution in [0.1, 0.15) is 12.0 Å². The van der Waals surface area contributed by atoms with Gasteiger partial charge in [0.25, 0.3) is 0 Å². The van der Waals surface area contributed by atoms with E-state index in [9.17, 15) is 0 Å². The van der Waals surface area contributed by atoms with Crippen LogP contribution in [-0.2, 0) is 6.42 Å². The Morgan fingerprint density at radius 2 is 2.17 bits per heavy atom. The molecule has 0 aliphatic carbocycles. The maximum atomic E-state index is 5.90. The number of thiazole rings is 1. The molecule has 2 aromatic rings. The molecule has 1 unspecified atom stereocenters. The molecule has 18 heavy (non-hydrogen) atoms. The van der Waals surface area contributed by atoms with E-state index in [1.54, 1.807) is 11.3 Å². The Balaban J connectivity index is 1.61. The SMILES string of the molecule is Clc1ccc(CC2CCN(c3nccs3)C2)cc1. The van der Waals surface area contributed by atoms with Crippen LogP contribution in [0.2, 0.25) is 5.02 Å². The van der Waals surface area contributed by atoms with Crippen molar-refractivity contribution in [2.45, 2.75) is 12.8 Å². The first kappa shape index (κ1) is 12.0. The van der Waals surface area contributed by atoms with Gasteiger partial charge in [-0.05, 0) is 36.5 Å². The Morgan fingerprint density at radius 1 is 1.33 bits per heavy atom. The van der Waals surface area contributed by atoms with E-state index in [0.717, 1.165) is 35.6 Å². The fraction of sp³-hybridized carbons (Fsp3) is 0.357. The van der Waals surface area contributed by atoms with Gasteiger partial charge in [-0.3, -0.25) is 0 Å². The molecule has 1 saturated heterocycles. The molecule has 4 heteroatoms. The summed E-state index contributed by atoms with van der Waals surface area (Å²) in [6.07, 6.45) is 4.27. The zero-order valence-electron chi connectivity index (χ0n) is 10.1. The van der Waals surface area contributed by atoms with Crippen molar-refractivity contribution in [3.8, 4) is 0 Å². The van der Waals surface area contributed by atoms with Gasteiger partial charge in [0.05, 0.1) is 0 Å². The average molecular weight is 279 g/mol. The number of rotatable bonds is 3. The van der Waals surface area contributed by atoms with Gasteiger partial charge in [0.15, 0.2) is 5.13 Å². The maximum absolute atomic E-state index is 5.90. The third kappa shape index (κ3) is 2.68. The predicted octanol–water partition coefficient (Wildman–Crippen LogP) is 3.87. The fourth-order valence-corrected chi connectivity index (χ4v) is 3.30.